The highest BCUT2D eigenvalue weighted by Gasteiger charge is 2.34. The number of alkyl halides is 3. The summed E-state index contributed by atoms with van der Waals surface area (Å²) >= 11 is 0. The minimum Gasteiger partial charge on any atom is -0.357 e. The zero-order valence-electron chi connectivity index (χ0n) is 15.9. The van der Waals surface area contributed by atoms with Gasteiger partial charge in [0.2, 0.25) is 10.0 Å². The number of rotatable bonds is 6. The molecule has 27 heavy (non-hydrogen) atoms. The van der Waals surface area contributed by atoms with Gasteiger partial charge in [-0.1, -0.05) is 0 Å². The number of likely N-dealkylation sites (tertiary alicyclic amines) is 1. The molecule has 2 saturated heterocycles. The van der Waals surface area contributed by atoms with Crippen LogP contribution in [0, 0.1) is 5.92 Å². The molecule has 0 bridgehead atoms. The number of hydrogen-bond donors (Lipinski definition) is 2. The smallest absolute Gasteiger partial charge is 0.357 e. The Hall–Kier alpha value is -1.07. The molecule has 158 valence electrons. The third kappa shape index (κ3) is 7.82. The maximum atomic E-state index is 12.5. The van der Waals surface area contributed by atoms with Crippen LogP contribution >= 0.6 is 0 Å². The lowest BCUT2D eigenvalue weighted by Crippen LogP contribution is -2.45. The van der Waals surface area contributed by atoms with E-state index in [0.29, 0.717) is 57.6 Å². The standard InChI is InChI=1S/C16H30F3N5O2S/c1-3-20-15(22-14-6-7-23(11-14)12-16(17,18)19)21-10-13-4-8-24(9-5-13)27(2,25)26/h13-14H,3-12H2,1-2H3,(H2,20,21,22). The molecule has 1 atom stereocenters. The second kappa shape index (κ2) is 9.42. The Labute approximate surface area is 159 Å². The third-order valence-electron chi connectivity index (χ3n) is 4.91. The van der Waals surface area contributed by atoms with Crippen LogP contribution in [0.1, 0.15) is 26.2 Å². The summed E-state index contributed by atoms with van der Waals surface area (Å²) < 4.78 is 62.1. The highest BCUT2D eigenvalue weighted by Crippen LogP contribution is 2.21. The molecule has 0 aromatic rings. The maximum absolute atomic E-state index is 12.5. The largest absolute Gasteiger partial charge is 0.401 e. The van der Waals surface area contributed by atoms with E-state index in [1.807, 2.05) is 6.92 Å². The van der Waals surface area contributed by atoms with Crippen molar-refractivity contribution < 1.29 is 21.6 Å². The van der Waals surface area contributed by atoms with Gasteiger partial charge in [0.25, 0.3) is 0 Å². The predicted octanol–water partition coefficient (Wildman–Crippen LogP) is 0.850. The molecular weight excluding hydrogens is 383 g/mol. The molecule has 0 aliphatic carbocycles. The minimum atomic E-state index is -4.17. The Morgan fingerprint density at radius 2 is 1.85 bits per heavy atom. The molecule has 0 aromatic heterocycles. The fourth-order valence-corrected chi connectivity index (χ4v) is 4.38. The first kappa shape index (κ1) is 22.2. The van der Waals surface area contributed by atoms with E-state index in [1.165, 1.54) is 15.5 Å². The highest BCUT2D eigenvalue weighted by molar-refractivity contribution is 7.88. The van der Waals surface area contributed by atoms with Gasteiger partial charge in [-0.05, 0) is 32.1 Å². The Bertz CT molecular complexity index is 604. The lowest BCUT2D eigenvalue weighted by molar-refractivity contribution is -0.143. The van der Waals surface area contributed by atoms with Crippen LogP contribution in [-0.4, -0.2) is 87.9 Å². The van der Waals surface area contributed by atoms with Crippen molar-refractivity contribution >= 4 is 16.0 Å². The number of halogens is 3. The number of hydrogen-bond acceptors (Lipinski definition) is 4. The molecule has 7 nitrogen and oxygen atoms in total. The highest BCUT2D eigenvalue weighted by atomic mass is 32.2. The Balaban J connectivity index is 1.81. The second-order valence-electron chi connectivity index (χ2n) is 7.31. The van der Waals surface area contributed by atoms with E-state index in [9.17, 15) is 21.6 Å². The molecule has 2 N–H and O–H groups in total. The molecule has 0 aromatic carbocycles. The summed E-state index contributed by atoms with van der Waals surface area (Å²) in [6.45, 7) is 4.08. The summed E-state index contributed by atoms with van der Waals surface area (Å²) in [5.74, 6) is 0.922. The van der Waals surface area contributed by atoms with Crippen LogP contribution in [0.3, 0.4) is 0 Å². The van der Waals surface area contributed by atoms with Gasteiger partial charge in [0.05, 0.1) is 12.8 Å². The second-order valence-corrected chi connectivity index (χ2v) is 9.29. The van der Waals surface area contributed by atoms with Crippen LogP contribution < -0.4 is 10.6 Å². The number of nitrogens with one attached hydrogen (secondary N) is 2. The fourth-order valence-electron chi connectivity index (χ4n) is 3.50. The Morgan fingerprint density at radius 1 is 1.19 bits per heavy atom. The molecule has 1 unspecified atom stereocenters. The number of sulfonamides is 1. The van der Waals surface area contributed by atoms with E-state index >= 15 is 0 Å². The van der Waals surface area contributed by atoms with Crippen molar-refractivity contribution in [1.29, 1.82) is 0 Å². The van der Waals surface area contributed by atoms with E-state index < -0.39 is 22.7 Å². The minimum absolute atomic E-state index is 0.0581. The van der Waals surface area contributed by atoms with Crippen molar-refractivity contribution in [1.82, 2.24) is 19.8 Å². The van der Waals surface area contributed by atoms with Gasteiger partial charge in [0, 0.05) is 45.3 Å². The number of nitrogens with zero attached hydrogens (tertiary/aromatic N) is 3. The Kier molecular flexibility index (Phi) is 7.75. The van der Waals surface area contributed by atoms with Crippen LogP contribution in [0.15, 0.2) is 4.99 Å². The normalized spacial score (nSPS) is 24.3. The van der Waals surface area contributed by atoms with Gasteiger partial charge in [-0.15, -0.1) is 0 Å². The zero-order valence-corrected chi connectivity index (χ0v) is 16.7. The van der Waals surface area contributed by atoms with Crippen LogP contribution in [0.5, 0.6) is 0 Å². The molecule has 0 saturated carbocycles. The van der Waals surface area contributed by atoms with Crippen molar-refractivity contribution in [3.63, 3.8) is 0 Å². The van der Waals surface area contributed by atoms with Crippen molar-refractivity contribution in [3.8, 4) is 0 Å². The Morgan fingerprint density at radius 3 is 2.41 bits per heavy atom. The molecule has 2 fully saturated rings. The summed E-state index contributed by atoms with van der Waals surface area (Å²) in [7, 11) is -3.14. The van der Waals surface area contributed by atoms with Gasteiger partial charge in [0.15, 0.2) is 5.96 Å². The number of piperidine rings is 1. The lowest BCUT2D eigenvalue weighted by atomic mass is 9.98. The van der Waals surface area contributed by atoms with Gasteiger partial charge >= 0.3 is 6.18 Å². The molecule has 2 heterocycles. The van der Waals surface area contributed by atoms with Crippen molar-refractivity contribution in [2.24, 2.45) is 10.9 Å². The first-order valence-corrected chi connectivity index (χ1v) is 11.2. The summed E-state index contributed by atoms with van der Waals surface area (Å²) in [5, 5.41) is 6.37. The molecule has 0 amide bonds. The van der Waals surface area contributed by atoms with Gasteiger partial charge in [-0.2, -0.15) is 13.2 Å². The van der Waals surface area contributed by atoms with Gasteiger partial charge < -0.3 is 10.6 Å². The average molecular weight is 414 g/mol. The first-order valence-electron chi connectivity index (χ1n) is 9.36. The van der Waals surface area contributed by atoms with E-state index in [4.69, 9.17) is 0 Å². The molecule has 2 aliphatic heterocycles. The van der Waals surface area contributed by atoms with Crippen LogP contribution in [0.25, 0.3) is 0 Å². The quantitative estimate of drug-likeness (QED) is 0.499. The molecule has 0 radical (unpaired) electrons. The third-order valence-corrected chi connectivity index (χ3v) is 6.21. The maximum Gasteiger partial charge on any atom is 0.401 e. The zero-order chi connectivity index (χ0) is 20.1. The fraction of sp³-hybridized carbons (Fsp3) is 0.938. The lowest BCUT2D eigenvalue weighted by Gasteiger charge is -2.29. The molecular formula is C16H30F3N5O2S. The molecule has 2 aliphatic rings. The van der Waals surface area contributed by atoms with E-state index in [-0.39, 0.29) is 6.04 Å². The monoisotopic (exact) mass is 413 g/mol. The summed E-state index contributed by atoms with van der Waals surface area (Å²) in [5.41, 5.74) is 0. The van der Waals surface area contributed by atoms with Crippen molar-refractivity contribution in [3.05, 3.63) is 0 Å². The van der Waals surface area contributed by atoms with Crippen LogP contribution in [0.2, 0.25) is 0 Å². The van der Waals surface area contributed by atoms with Crippen molar-refractivity contribution in [2.75, 3.05) is 52.1 Å². The number of aliphatic imine (C=N–C) groups is 1. The van der Waals surface area contributed by atoms with E-state index in [0.717, 1.165) is 12.8 Å². The summed E-state index contributed by atoms with van der Waals surface area (Å²) in [6, 6.07) is -0.0581. The van der Waals surface area contributed by atoms with E-state index in [1.54, 1.807) is 0 Å². The van der Waals surface area contributed by atoms with Crippen molar-refractivity contribution in [2.45, 2.75) is 38.4 Å². The molecule has 11 heteroatoms. The topological polar surface area (TPSA) is 77.0 Å². The first-order chi connectivity index (χ1) is 12.6. The van der Waals surface area contributed by atoms with Gasteiger partial charge in [-0.25, -0.2) is 12.7 Å². The predicted molar refractivity (Wildman–Crippen MR) is 99.2 cm³/mol. The summed E-state index contributed by atoms with van der Waals surface area (Å²) in [6.07, 6.45) is -0.776. The average Bonchev–Trinajstić information content (AvgIpc) is 2.97. The summed E-state index contributed by atoms with van der Waals surface area (Å²) in [4.78, 5) is 5.98. The SMILES string of the molecule is CCNC(=NCC1CCN(S(C)(=O)=O)CC1)NC1CCN(CC(F)(F)F)C1. The van der Waals surface area contributed by atoms with Gasteiger partial charge in [0.1, 0.15) is 0 Å². The number of guanidine groups is 1. The van der Waals surface area contributed by atoms with Crippen LogP contribution in [0.4, 0.5) is 13.2 Å². The molecule has 0 spiro atoms. The van der Waals surface area contributed by atoms with Crippen LogP contribution in [-0.2, 0) is 10.0 Å². The van der Waals surface area contributed by atoms with E-state index in [2.05, 4.69) is 15.6 Å². The molecule has 2 rings (SSSR count). The van der Waals surface area contributed by atoms with Gasteiger partial charge in [-0.3, -0.25) is 9.89 Å².